The lowest BCUT2D eigenvalue weighted by Crippen LogP contribution is -2.24. The average Bonchev–Trinajstić information content (AvgIpc) is 2.96. The molecule has 2 N–H and O–H groups in total. The summed E-state index contributed by atoms with van der Waals surface area (Å²) < 4.78 is 0. The van der Waals surface area contributed by atoms with Gasteiger partial charge in [-0.25, -0.2) is 9.97 Å². The molecule has 3 heterocycles. The van der Waals surface area contributed by atoms with Crippen molar-refractivity contribution in [1.29, 1.82) is 0 Å². The summed E-state index contributed by atoms with van der Waals surface area (Å²) in [5.74, 6) is 0.0862. The molecule has 1 amide bonds. The van der Waals surface area contributed by atoms with Gasteiger partial charge in [-0.1, -0.05) is 6.07 Å². The highest BCUT2D eigenvalue weighted by Crippen LogP contribution is 2.15. The van der Waals surface area contributed by atoms with Gasteiger partial charge in [-0.2, -0.15) is 0 Å². The molecule has 3 rings (SSSR count). The maximum Gasteiger partial charge on any atom is 0.255 e. The second-order valence-corrected chi connectivity index (χ2v) is 6.07. The Kier molecular flexibility index (Phi) is 4.48. The molecular weight excluding hydrogens is 326 g/mol. The molecule has 24 heavy (non-hydrogen) atoms. The second-order valence-electron chi connectivity index (χ2n) is 5.21. The Bertz CT molecular complexity index is 933. The molecule has 3 aromatic heterocycles. The number of thiazole rings is 1. The van der Waals surface area contributed by atoms with Crippen molar-refractivity contribution in [2.24, 2.45) is 0 Å². The molecule has 0 aliphatic carbocycles. The van der Waals surface area contributed by atoms with Gasteiger partial charge in [0.1, 0.15) is 5.69 Å². The van der Waals surface area contributed by atoms with E-state index in [1.54, 1.807) is 25.3 Å². The number of aromatic nitrogens is 4. The van der Waals surface area contributed by atoms with Gasteiger partial charge in [-0.05, 0) is 26.0 Å². The number of nitrogens with one attached hydrogen (secondary N) is 2. The van der Waals surface area contributed by atoms with Crippen molar-refractivity contribution < 1.29 is 4.79 Å². The molecule has 0 aromatic carbocycles. The lowest BCUT2D eigenvalue weighted by Gasteiger charge is -2.07. The van der Waals surface area contributed by atoms with E-state index >= 15 is 0 Å². The number of H-pyrrole nitrogens is 1. The van der Waals surface area contributed by atoms with Crippen molar-refractivity contribution in [2.75, 3.05) is 5.32 Å². The maximum atomic E-state index is 12.3. The predicted molar refractivity (Wildman–Crippen MR) is 92.0 cm³/mol. The van der Waals surface area contributed by atoms with Crippen LogP contribution in [0.2, 0.25) is 0 Å². The van der Waals surface area contributed by atoms with Crippen LogP contribution in [-0.2, 0) is 11.2 Å². The monoisotopic (exact) mass is 341 g/mol. The van der Waals surface area contributed by atoms with E-state index in [-0.39, 0.29) is 17.9 Å². The van der Waals surface area contributed by atoms with Gasteiger partial charge >= 0.3 is 0 Å². The number of amides is 1. The van der Waals surface area contributed by atoms with E-state index in [1.807, 2.05) is 18.4 Å². The molecule has 0 saturated heterocycles. The van der Waals surface area contributed by atoms with Crippen molar-refractivity contribution in [3.63, 3.8) is 0 Å². The molecule has 0 aliphatic rings. The number of carbonyl (C=O) groups excluding carboxylic acids is 1. The molecule has 0 fully saturated rings. The van der Waals surface area contributed by atoms with Crippen LogP contribution in [0.3, 0.4) is 0 Å². The van der Waals surface area contributed by atoms with Crippen molar-refractivity contribution in [2.45, 2.75) is 20.3 Å². The summed E-state index contributed by atoms with van der Waals surface area (Å²) in [6.07, 6.45) is 1.57. The highest BCUT2D eigenvalue weighted by atomic mass is 32.1. The van der Waals surface area contributed by atoms with Gasteiger partial charge in [0, 0.05) is 22.8 Å². The average molecular weight is 341 g/mol. The quantitative estimate of drug-likeness (QED) is 0.757. The molecular formula is C16H15N5O2S. The van der Waals surface area contributed by atoms with Gasteiger partial charge in [0.25, 0.3) is 5.56 Å². The number of hydrogen-bond acceptors (Lipinski definition) is 6. The third-order valence-corrected chi connectivity index (χ3v) is 4.21. The Balaban J connectivity index is 1.81. The third kappa shape index (κ3) is 3.54. The highest BCUT2D eigenvalue weighted by Gasteiger charge is 2.14. The number of aryl methyl sites for hydroxylation is 2. The zero-order chi connectivity index (χ0) is 17.1. The van der Waals surface area contributed by atoms with E-state index in [0.29, 0.717) is 27.9 Å². The molecule has 0 bridgehead atoms. The first-order chi connectivity index (χ1) is 11.5. The van der Waals surface area contributed by atoms with Gasteiger partial charge in [0.05, 0.1) is 12.1 Å². The fourth-order valence-electron chi connectivity index (χ4n) is 2.18. The van der Waals surface area contributed by atoms with E-state index in [1.165, 1.54) is 11.3 Å². The zero-order valence-corrected chi connectivity index (χ0v) is 14.0. The minimum atomic E-state index is -0.339. The smallest absolute Gasteiger partial charge is 0.255 e. The summed E-state index contributed by atoms with van der Waals surface area (Å²) in [4.78, 5) is 39.8. The summed E-state index contributed by atoms with van der Waals surface area (Å²) >= 11 is 1.34. The number of aromatic amines is 1. The van der Waals surface area contributed by atoms with E-state index in [0.717, 1.165) is 5.69 Å². The lowest BCUT2D eigenvalue weighted by atomic mass is 10.1. The number of nitrogens with zero attached hydrogens (tertiary/aromatic N) is 3. The van der Waals surface area contributed by atoms with Crippen molar-refractivity contribution >= 4 is 22.4 Å². The Morgan fingerprint density at radius 2 is 2.12 bits per heavy atom. The largest absolute Gasteiger partial charge is 0.305 e. The van der Waals surface area contributed by atoms with Crippen LogP contribution in [0.25, 0.3) is 11.5 Å². The molecule has 122 valence electrons. The van der Waals surface area contributed by atoms with Crippen LogP contribution in [0, 0.1) is 13.8 Å². The minimum Gasteiger partial charge on any atom is -0.305 e. The molecule has 8 heteroatoms. The summed E-state index contributed by atoms with van der Waals surface area (Å²) in [6, 6.07) is 5.36. The fraction of sp³-hybridized carbons (Fsp3) is 0.188. The first-order valence-electron chi connectivity index (χ1n) is 7.26. The molecule has 0 spiro atoms. The van der Waals surface area contributed by atoms with Crippen molar-refractivity contribution in [1.82, 2.24) is 19.9 Å². The fourth-order valence-corrected chi connectivity index (χ4v) is 2.88. The lowest BCUT2D eigenvalue weighted by molar-refractivity contribution is -0.115. The summed E-state index contributed by atoms with van der Waals surface area (Å²) in [7, 11) is 0. The van der Waals surface area contributed by atoms with E-state index in [2.05, 4.69) is 25.3 Å². The summed E-state index contributed by atoms with van der Waals surface area (Å²) in [5, 5.41) is 5.05. The van der Waals surface area contributed by atoms with Gasteiger partial charge in [-0.15, -0.1) is 11.3 Å². The van der Waals surface area contributed by atoms with Gasteiger partial charge in [0.2, 0.25) is 5.91 Å². The minimum absolute atomic E-state index is 0.0602. The van der Waals surface area contributed by atoms with Gasteiger partial charge in [-0.3, -0.25) is 14.6 Å². The van der Waals surface area contributed by atoms with E-state index in [9.17, 15) is 9.59 Å². The first kappa shape index (κ1) is 16.0. The molecule has 7 nitrogen and oxygen atoms in total. The zero-order valence-electron chi connectivity index (χ0n) is 13.2. The summed E-state index contributed by atoms with van der Waals surface area (Å²) in [5.41, 5.74) is 1.91. The van der Waals surface area contributed by atoms with Crippen LogP contribution in [-0.4, -0.2) is 25.8 Å². The Morgan fingerprint density at radius 1 is 1.29 bits per heavy atom. The molecule has 0 radical (unpaired) electrons. The van der Waals surface area contributed by atoms with Crippen LogP contribution < -0.4 is 10.9 Å². The van der Waals surface area contributed by atoms with Crippen LogP contribution in [0.15, 0.2) is 34.6 Å². The Morgan fingerprint density at radius 3 is 2.75 bits per heavy atom. The van der Waals surface area contributed by atoms with Crippen molar-refractivity contribution in [3.05, 3.63) is 57.1 Å². The molecule has 0 unspecified atom stereocenters. The van der Waals surface area contributed by atoms with Crippen LogP contribution in [0.4, 0.5) is 5.13 Å². The van der Waals surface area contributed by atoms with Crippen LogP contribution in [0.1, 0.15) is 17.0 Å². The SMILES string of the molecule is Cc1csc(NC(=O)Cc2c(C)nc(-c3ccccn3)[nH]c2=O)n1. The van der Waals surface area contributed by atoms with Crippen LogP contribution in [0.5, 0.6) is 0 Å². The highest BCUT2D eigenvalue weighted by molar-refractivity contribution is 7.13. The third-order valence-electron chi connectivity index (χ3n) is 3.33. The molecule has 3 aromatic rings. The van der Waals surface area contributed by atoms with E-state index in [4.69, 9.17) is 0 Å². The predicted octanol–water partition coefficient (Wildman–Crippen LogP) is 2.09. The van der Waals surface area contributed by atoms with Gasteiger partial charge < -0.3 is 10.3 Å². The topological polar surface area (TPSA) is 101 Å². The standard InChI is InChI=1S/C16H15N5O2S/c1-9-8-24-16(18-9)20-13(22)7-11-10(2)19-14(21-15(11)23)12-5-3-4-6-17-12/h3-6,8H,7H2,1-2H3,(H,18,20,22)(H,19,21,23). The van der Waals surface area contributed by atoms with Crippen LogP contribution >= 0.6 is 11.3 Å². The number of carbonyl (C=O) groups is 1. The van der Waals surface area contributed by atoms with Gasteiger partial charge in [0.15, 0.2) is 11.0 Å². The molecule has 0 atom stereocenters. The number of hydrogen-bond donors (Lipinski definition) is 2. The maximum absolute atomic E-state index is 12.3. The van der Waals surface area contributed by atoms with E-state index < -0.39 is 0 Å². The Labute approximate surface area is 141 Å². The Hall–Kier alpha value is -2.87. The molecule has 0 saturated carbocycles. The number of rotatable bonds is 4. The second kappa shape index (κ2) is 6.71. The normalized spacial score (nSPS) is 10.6. The molecule has 0 aliphatic heterocycles. The number of anilines is 1. The first-order valence-corrected chi connectivity index (χ1v) is 8.14. The van der Waals surface area contributed by atoms with Crippen molar-refractivity contribution in [3.8, 4) is 11.5 Å². The number of pyridine rings is 1. The summed E-state index contributed by atoms with van der Waals surface area (Å²) in [6.45, 7) is 3.55.